The van der Waals surface area contributed by atoms with E-state index in [0.717, 1.165) is 30.6 Å². The van der Waals surface area contributed by atoms with Crippen LogP contribution in [0.25, 0.3) is 0 Å². The summed E-state index contributed by atoms with van der Waals surface area (Å²) >= 11 is 0. The van der Waals surface area contributed by atoms with E-state index >= 15 is 0 Å². The second-order valence-corrected chi connectivity index (χ2v) is 7.82. The van der Waals surface area contributed by atoms with Crippen molar-refractivity contribution in [2.75, 3.05) is 0 Å². The molecule has 26 heavy (non-hydrogen) atoms. The summed E-state index contributed by atoms with van der Waals surface area (Å²) in [6.45, 7) is 0. The maximum Gasteiger partial charge on any atom is -0.00558 e. The van der Waals surface area contributed by atoms with Crippen LogP contribution in [0.3, 0.4) is 0 Å². The lowest BCUT2D eigenvalue weighted by Gasteiger charge is -2.11. The maximum absolute atomic E-state index is 2.62. The fraction of sp³-hybridized carbons (Fsp3) is 0.231. The third-order valence-electron chi connectivity index (χ3n) is 6.08. The van der Waals surface area contributed by atoms with Gasteiger partial charge in [0.1, 0.15) is 0 Å². The molecule has 3 aromatic carbocycles. The third kappa shape index (κ3) is 3.01. The predicted molar refractivity (Wildman–Crippen MR) is 108 cm³/mol. The molecule has 0 aliphatic heterocycles. The van der Waals surface area contributed by atoms with Gasteiger partial charge in [-0.2, -0.15) is 0 Å². The molecule has 0 bridgehead atoms. The molecule has 0 heterocycles. The summed E-state index contributed by atoms with van der Waals surface area (Å²) in [7, 11) is 0. The Balaban J connectivity index is 1.40. The van der Waals surface area contributed by atoms with Crippen LogP contribution in [0.15, 0.2) is 96.6 Å². The quantitative estimate of drug-likeness (QED) is 0.502. The molecule has 0 spiro atoms. The first kappa shape index (κ1) is 15.6. The number of benzene rings is 3. The molecule has 0 nitrogen and oxygen atoms in total. The van der Waals surface area contributed by atoms with E-state index in [1.807, 2.05) is 0 Å². The molecule has 0 radical (unpaired) electrons. The zero-order valence-electron chi connectivity index (χ0n) is 15.0. The molecule has 0 unspecified atom stereocenters. The molecule has 1 fully saturated rings. The van der Waals surface area contributed by atoms with E-state index in [1.165, 1.54) is 17.5 Å². The highest BCUT2D eigenvalue weighted by Gasteiger charge is 2.54. The first-order valence-electron chi connectivity index (χ1n) is 9.74. The van der Waals surface area contributed by atoms with Gasteiger partial charge in [0.05, 0.1) is 0 Å². The average Bonchev–Trinajstić information content (AvgIpc) is 3.19. The summed E-state index contributed by atoms with van der Waals surface area (Å²) in [5, 5.41) is 0. The molecule has 2 aliphatic rings. The van der Waals surface area contributed by atoms with Crippen molar-refractivity contribution in [1.29, 1.82) is 0 Å². The van der Waals surface area contributed by atoms with Gasteiger partial charge in [-0.05, 0) is 59.3 Å². The Bertz CT molecular complexity index is 877. The van der Waals surface area contributed by atoms with Crippen molar-refractivity contribution in [3.05, 3.63) is 119 Å². The third-order valence-corrected chi connectivity index (χ3v) is 6.08. The van der Waals surface area contributed by atoms with Gasteiger partial charge in [-0.3, -0.25) is 0 Å². The number of fused-ring (bicyclic) bond motifs is 3. The van der Waals surface area contributed by atoms with Gasteiger partial charge in [0.2, 0.25) is 0 Å². The van der Waals surface area contributed by atoms with E-state index in [2.05, 4.69) is 91.0 Å². The van der Waals surface area contributed by atoms with Crippen molar-refractivity contribution >= 4 is 0 Å². The molecule has 0 amide bonds. The summed E-state index contributed by atoms with van der Waals surface area (Å²) < 4.78 is 0. The van der Waals surface area contributed by atoms with Gasteiger partial charge in [0, 0.05) is 0 Å². The molecule has 128 valence electrons. The summed E-state index contributed by atoms with van der Waals surface area (Å²) in [6, 6.07) is 30.9. The summed E-state index contributed by atoms with van der Waals surface area (Å²) in [5.74, 6) is 2.36. The topological polar surface area (TPSA) is 0 Å². The molecule has 2 aliphatic carbocycles. The van der Waals surface area contributed by atoms with Crippen molar-refractivity contribution in [3.8, 4) is 0 Å². The lowest BCUT2D eigenvalue weighted by Crippen LogP contribution is -1.99. The van der Waals surface area contributed by atoms with Crippen molar-refractivity contribution in [3.63, 3.8) is 0 Å². The van der Waals surface area contributed by atoms with E-state index in [-0.39, 0.29) is 0 Å². The largest absolute Gasteiger partial charge is 0.0806 e. The van der Waals surface area contributed by atoms with E-state index in [9.17, 15) is 0 Å². The molecule has 0 saturated heterocycles. The molecule has 3 aromatic rings. The normalized spacial score (nSPS) is 22.4. The highest BCUT2D eigenvalue weighted by molar-refractivity contribution is 5.45. The van der Waals surface area contributed by atoms with Crippen LogP contribution >= 0.6 is 0 Å². The Kier molecular flexibility index (Phi) is 3.97. The molecule has 0 heteroatoms. The second kappa shape index (κ2) is 6.61. The number of hydrogen-bond donors (Lipinski definition) is 0. The van der Waals surface area contributed by atoms with Crippen LogP contribution in [0.4, 0.5) is 0 Å². The van der Waals surface area contributed by atoms with Crippen LogP contribution in [0, 0.1) is 11.8 Å². The zero-order chi connectivity index (χ0) is 17.3. The first-order chi connectivity index (χ1) is 12.9. The van der Waals surface area contributed by atoms with Crippen molar-refractivity contribution in [1.82, 2.24) is 0 Å². The SMILES string of the molecule is C(=C(Cc1ccccc1)Cc1ccccc1)[C@@H]1[C@@H]2Cc3ccccc3[C@H]12. The van der Waals surface area contributed by atoms with Crippen molar-refractivity contribution < 1.29 is 0 Å². The Hall–Kier alpha value is -2.60. The van der Waals surface area contributed by atoms with Crippen LogP contribution < -0.4 is 0 Å². The van der Waals surface area contributed by atoms with Crippen LogP contribution in [-0.4, -0.2) is 0 Å². The van der Waals surface area contributed by atoms with Gasteiger partial charge in [-0.25, -0.2) is 0 Å². The Morgan fingerprint density at radius 2 is 1.31 bits per heavy atom. The summed E-state index contributed by atoms with van der Waals surface area (Å²) in [6.07, 6.45) is 6.01. The van der Waals surface area contributed by atoms with Crippen LogP contribution in [-0.2, 0) is 19.3 Å². The molecule has 0 N–H and O–H groups in total. The van der Waals surface area contributed by atoms with E-state index in [4.69, 9.17) is 0 Å². The maximum atomic E-state index is 2.62. The summed E-state index contributed by atoms with van der Waals surface area (Å²) in [5.41, 5.74) is 7.60. The van der Waals surface area contributed by atoms with Crippen LogP contribution in [0.2, 0.25) is 0 Å². The predicted octanol–water partition coefficient (Wildman–Crippen LogP) is 5.98. The first-order valence-corrected chi connectivity index (χ1v) is 9.74. The molecule has 0 aromatic heterocycles. The Morgan fingerprint density at radius 1 is 0.731 bits per heavy atom. The van der Waals surface area contributed by atoms with Crippen LogP contribution in [0.1, 0.15) is 28.2 Å². The van der Waals surface area contributed by atoms with E-state index in [0.29, 0.717) is 0 Å². The lowest BCUT2D eigenvalue weighted by atomic mass is 9.95. The Labute approximate surface area is 156 Å². The second-order valence-electron chi connectivity index (χ2n) is 7.82. The van der Waals surface area contributed by atoms with Gasteiger partial charge in [0.25, 0.3) is 0 Å². The molecule has 3 atom stereocenters. The lowest BCUT2D eigenvalue weighted by molar-refractivity contribution is 0.789. The van der Waals surface area contributed by atoms with Crippen molar-refractivity contribution in [2.24, 2.45) is 11.8 Å². The number of hydrogen-bond acceptors (Lipinski definition) is 0. The fourth-order valence-corrected chi connectivity index (χ4v) is 4.80. The van der Waals surface area contributed by atoms with Gasteiger partial charge in [0.15, 0.2) is 0 Å². The highest BCUT2D eigenvalue weighted by Crippen LogP contribution is 2.62. The smallest absolute Gasteiger partial charge is 0.00558 e. The van der Waals surface area contributed by atoms with Crippen LogP contribution in [0.5, 0.6) is 0 Å². The minimum absolute atomic E-state index is 0.743. The molecule has 1 saturated carbocycles. The standard InChI is InChI=1S/C26H24/c1-3-9-19(10-4-1)15-21(16-20-11-5-2-6-12-20)17-24-25-18-22-13-7-8-14-23(22)26(24)25/h1-14,17,24-26H,15-16,18H2/t24-,25+,26-/m1/s1. The van der Waals surface area contributed by atoms with Crippen molar-refractivity contribution in [2.45, 2.75) is 25.2 Å². The van der Waals surface area contributed by atoms with E-state index in [1.54, 1.807) is 16.7 Å². The van der Waals surface area contributed by atoms with Gasteiger partial charge in [-0.15, -0.1) is 0 Å². The van der Waals surface area contributed by atoms with Gasteiger partial charge >= 0.3 is 0 Å². The van der Waals surface area contributed by atoms with E-state index < -0.39 is 0 Å². The fourth-order valence-electron chi connectivity index (χ4n) is 4.80. The molecular formula is C26H24. The Morgan fingerprint density at radius 3 is 1.96 bits per heavy atom. The van der Waals surface area contributed by atoms with Gasteiger partial charge < -0.3 is 0 Å². The summed E-state index contributed by atoms with van der Waals surface area (Å²) in [4.78, 5) is 0. The minimum Gasteiger partial charge on any atom is -0.0806 e. The minimum atomic E-state index is 0.743. The van der Waals surface area contributed by atoms with Gasteiger partial charge in [-0.1, -0.05) is 96.6 Å². The number of rotatable bonds is 5. The monoisotopic (exact) mass is 336 g/mol. The molecular weight excluding hydrogens is 312 g/mol. The highest BCUT2D eigenvalue weighted by atomic mass is 14.6. The zero-order valence-corrected chi connectivity index (χ0v) is 15.0. The average molecular weight is 336 g/mol. The molecule has 5 rings (SSSR count). The number of allylic oxidation sites excluding steroid dienone is 2.